The summed E-state index contributed by atoms with van der Waals surface area (Å²) >= 11 is 6.91. The van der Waals surface area contributed by atoms with Crippen molar-refractivity contribution in [2.45, 2.75) is 13.8 Å². The predicted octanol–water partition coefficient (Wildman–Crippen LogP) is 4.53. The third-order valence-electron chi connectivity index (χ3n) is 2.45. The van der Waals surface area contributed by atoms with Gasteiger partial charge < -0.3 is 10.1 Å². The van der Waals surface area contributed by atoms with Crippen LogP contribution in [0.2, 0.25) is 0 Å². The van der Waals surface area contributed by atoms with Gasteiger partial charge in [-0.25, -0.2) is 9.97 Å². The van der Waals surface area contributed by atoms with E-state index in [9.17, 15) is 0 Å². The lowest BCUT2D eigenvalue weighted by Crippen LogP contribution is -2.02. The molecule has 2 rings (SSSR count). The lowest BCUT2D eigenvalue weighted by molar-refractivity contribution is 0.458. The van der Waals surface area contributed by atoms with Crippen LogP contribution in [0.5, 0.6) is 11.6 Å². The molecule has 0 saturated heterocycles. The molecule has 0 unspecified atom stereocenters. The average Bonchev–Trinajstić information content (AvgIpc) is 2.39. The maximum atomic E-state index is 5.77. The Bertz CT molecular complexity index is 590. The highest BCUT2D eigenvalue weighted by Crippen LogP contribution is 2.32. The fourth-order valence-corrected chi connectivity index (χ4v) is 2.18. The molecule has 0 bridgehead atoms. The highest BCUT2D eigenvalue weighted by atomic mass is 79.9. The van der Waals surface area contributed by atoms with Crippen LogP contribution in [0.25, 0.3) is 0 Å². The highest BCUT2D eigenvalue weighted by molar-refractivity contribution is 9.11. The molecule has 0 radical (unpaired) electrons. The zero-order valence-electron chi connectivity index (χ0n) is 10.6. The van der Waals surface area contributed by atoms with E-state index < -0.39 is 0 Å². The average molecular weight is 387 g/mol. The fraction of sp³-hybridized carbons (Fsp3) is 0.231. The minimum absolute atomic E-state index is 0.493. The SMILES string of the molecule is CCNc1ncnc(Oc2ccc(Br)c(C)c2)c1Br. The Morgan fingerprint density at radius 1 is 1.26 bits per heavy atom. The molecule has 0 aliphatic rings. The number of hydrogen-bond acceptors (Lipinski definition) is 4. The van der Waals surface area contributed by atoms with Gasteiger partial charge in [-0.15, -0.1) is 0 Å². The Labute approximate surface area is 128 Å². The third kappa shape index (κ3) is 3.45. The van der Waals surface area contributed by atoms with Crippen molar-refractivity contribution in [2.75, 3.05) is 11.9 Å². The van der Waals surface area contributed by atoms with Crippen LogP contribution >= 0.6 is 31.9 Å². The first-order valence-corrected chi connectivity index (χ1v) is 7.38. The Kier molecular flexibility index (Phi) is 4.76. The van der Waals surface area contributed by atoms with E-state index in [0.29, 0.717) is 5.88 Å². The molecule has 0 amide bonds. The first-order valence-electron chi connectivity index (χ1n) is 5.80. The summed E-state index contributed by atoms with van der Waals surface area (Å²) < 4.78 is 7.54. The molecule has 0 aliphatic carbocycles. The summed E-state index contributed by atoms with van der Waals surface area (Å²) in [6.45, 7) is 4.80. The van der Waals surface area contributed by atoms with Gasteiger partial charge in [-0.3, -0.25) is 0 Å². The second kappa shape index (κ2) is 6.34. The first kappa shape index (κ1) is 14.3. The molecule has 1 aromatic carbocycles. The molecule has 6 heteroatoms. The number of aromatic nitrogens is 2. The van der Waals surface area contributed by atoms with Crippen molar-refractivity contribution >= 4 is 37.7 Å². The quantitative estimate of drug-likeness (QED) is 0.838. The smallest absolute Gasteiger partial charge is 0.238 e. The standard InChI is InChI=1S/C13H13Br2N3O/c1-3-16-12-11(15)13(18-7-17-12)19-9-4-5-10(14)8(2)6-9/h4-7H,3H2,1-2H3,(H,16,17,18). The summed E-state index contributed by atoms with van der Waals surface area (Å²) in [4.78, 5) is 8.28. The van der Waals surface area contributed by atoms with Crippen molar-refractivity contribution in [3.05, 3.63) is 39.0 Å². The van der Waals surface area contributed by atoms with E-state index in [1.165, 1.54) is 6.33 Å². The maximum Gasteiger partial charge on any atom is 0.238 e. The summed E-state index contributed by atoms with van der Waals surface area (Å²) in [6.07, 6.45) is 1.48. The highest BCUT2D eigenvalue weighted by Gasteiger charge is 2.10. The van der Waals surface area contributed by atoms with Crippen LogP contribution in [-0.2, 0) is 0 Å². The van der Waals surface area contributed by atoms with Gasteiger partial charge in [0.1, 0.15) is 22.4 Å². The first-order chi connectivity index (χ1) is 9.11. The number of nitrogens with one attached hydrogen (secondary N) is 1. The number of hydrogen-bond donors (Lipinski definition) is 1. The van der Waals surface area contributed by atoms with E-state index in [1.807, 2.05) is 32.0 Å². The Balaban J connectivity index is 2.27. The molecule has 2 aromatic rings. The van der Waals surface area contributed by atoms with Crippen LogP contribution < -0.4 is 10.1 Å². The summed E-state index contributed by atoms with van der Waals surface area (Å²) in [5.74, 6) is 1.96. The molecule has 100 valence electrons. The molecule has 0 atom stereocenters. The zero-order chi connectivity index (χ0) is 13.8. The molecule has 0 fully saturated rings. The van der Waals surface area contributed by atoms with Crippen molar-refractivity contribution < 1.29 is 4.74 Å². The van der Waals surface area contributed by atoms with Crippen LogP contribution in [0.3, 0.4) is 0 Å². The van der Waals surface area contributed by atoms with Gasteiger partial charge >= 0.3 is 0 Å². The van der Waals surface area contributed by atoms with Gasteiger partial charge in [0, 0.05) is 11.0 Å². The van der Waals surface area contributed by atoms with E-state index in [-0.39, 0.29) is 0 Å². The van der Waals surface area contributed by atoms with Crippen molar-refractivity contribution in [3.8, 4) is 11.6 Å². The third-order valence-corrected chi connectivity index (χ3v) is 4.05. The van der Waals surface area contributed by atoms with E-state index in [2.05, 4.69) is 47.1 Å². The van der Waals surface area contributed by atoms with Crippen LogP contribution in [0, 0.1) is 6.92 Å². The Morgan fingerprint density at radius 3 is 2.74 bits per heavy atom. The number of rotatable bonds is 4. The normalized spacial score (nSPS) is 10.3. The number of aryl methyl sites for hydroxylation is 1. The molecule has 4 nitrogen and oxygen atoms in total. The van der Waals surface area contributed by atoms with Crippen LogP contribution in [-0.4, -0.2) is 16.5 Å². The molecule has 0 aliphatic heterocycles. The summed E-state index contributed by atoms with van der Waals surface area (Å²) in [6, 6.07) is 5.79. The largest absolute Gasteiger partial charge is 0.438 e. The van der Waals surface area contributed by atoms with Gasteiger partial charge in [-0.1, -0.05) is 15.9 Å². The Morgan fingerprint density at radius 2 is 2.05 bits per heavy atom. The van der Waals surface area contributed by atoms with E-state index in [4.69, 9.17) is 4.74 Å². The number of anilines is 1. The summed E-state index contributed by atoms with van der Waals surface area (Å²) in [5.41, 5.74) is 1.11. The molecule has 1 heterocycles. The minimum atomic E-state index is 0.493. The summed E-state index contributed by atoms with van der Waals surface area (Å²) in [7, 11) is 0. The van der Waals surface area contributed by atoms with Crippen molar-refractivity contribution in [1.82, 2.24) is 9.97 Å². The van der Waals surface area contributed by atoms with Gasteiger partial charge in [0.2, 0.25) is 5.88 Å². The van der Waals surface area contributed by atoms with Gasteiger partial charge in [-0.05, 0) is 53.5 Å². The van der Waals surface area contributed by atoms with Gasteiger partial charge in [0.25, 0.3) is 0 Å². The number of ether oxygens (including phenoxy) is 1. The van der Waals surface area contributed by atoms with Gasteiger partial charge in [0.15, 0.2) is 0 Å². The minimum Gasteiger partial charge on any atom is -0.438 e. The Hall–Kier alpha value is -1.14. The van der Waals surface area contributed by atoms with Crippen LogP contribution in [0.1, 0.15) is 12.5 Å². The van der Waals surface area contributed by atoms with Crippen molar-refractivity contribution in [1.29, 1.82) is 0 Å². The fourth-order valence-electron chi connectivity index (χ4n) is 1.51. The van der Waals surface area contributed by atoms with Gasteiger partial charge in [0.05, 0.1) is 0 Å². The van der Waals surface area contributed by atoms with E-state index in [1.54, 1.807) is 0 Å². The summed E-state index contributed by atoms with van der Waals surface area (Å²) in [5, 5.41) is 3.14. The molecule has 19 heavy (non-hydrogen) atoms. The lowest BCUT2D eigenvalue weighted by atomic mass is 10.2. The maximum absolute atomic E-state index is 5.77. The number of nitrogens with zero attached hydrogens (tertiary/aromatic N) is 2. The zero-order valence-corrected chi connectivity index (χ0v) is 13.7. The lowest BCUT2D eigenvalue weighted by Gasteiger charge is -2.10. The van der Waals surface area contributed by atoms with Crippen LogP contribution in [0.4, 0.5) is 5.82 Å². The molecule has 1 aromatic heterocycles. The molecule has 0 spiro atoms. The van der Waals surface area contributed by atoms with E-state index in [0.717, 1.165) is 32.6 Å². The predicted molar refractivity (Wildman–Crippen MR) is 82.8 cm³/mol. The van der Waals surface area contributed by atoms with Gasteiger partial charge in [-0.2, -0.15) is 0 Å². The molecular weight excluding hydrogens is 374 g/mol. The second-order valence-electron chi connectivity index (χ2n) is 3.88. The van der Waals surface area contributed by atoms with Crippen molar-refractivity contribution in [2.24, 2.45) is 0 Å². The topological polar surface area (TPSA) is 47.0 Å². The molecule has 1 N–H and O–H groups in total. The van der Waals surface area contributed by atoms with Crippen molar-refractivity contribution in [3.63, 3.8) is 0 Å². The van der Waals surface area contributed by atoms with Crippen LogP contribution in [0.15, 0.2) is 33.5 Å². The number of halogens is 2. The number of benzene rings is 1. The second-order valence-corrected chi connectivity index (χ2v) is 5.53. The molecular formula is C13H13Br2N3O. The monoisotopic (exact) mass is 385 g/mol. The molecule has 0 saturated carbocycles. The van der Waals surface area contributed by atoms with E-state index >= 15 is 0 Å².